The molecule has 0 bridgehead atoms. The van der Waals surface area contributed by atoms with Gasteiger partial charge in [-0.1, -0.05) is 87.2 Å². The van der Waals surface area contributed by atoms with E-state index in [0.717, 1.165) is 0 Å². The topological polar surface area (TPSA) is 163 Å². The molecule has 0 aromatic heterocycles. The highest BCUT2D eigenvalue weighted by molar-refractivity contribution is 6.38. The molecule has 0 aromatic carbocycles. The van der Waals surface area contributed by atoms with Crippen LogP contribution in [0.3, 0.4) is 0 Å². The number of likely N-dealkylation sites (tertiary alicyclic amines) is 1. The number of hydrogen-bond acceptors (Lipinski definition) is 7. The number of carbonyl (C=O) groups excluding carboxylic acids is 6. The highest BCUT2D eigenvalue weighted by Crippen LogP contribution is 2.26. The smallest absolute Gasteiger partial charge is 0.329 e. The fraction of sp³-hybridized carbons (Fsp3) is 0.697. The average molecular weight is 636 g/mol. The summed E-state index contributed by atoms with van der Waals surface area (Å²) in [5.74, 6) is -1.58. The number of ketones is 1. The number of rotatable bonds is 12. The van der Waals surface area contributed by atoms with E-state index in [1.165, 1.54) is 30.7 Å². The van der Waals surface area contributed by atoms with Crippen LogP contribution in [-0.2, 0) is 28.7 Å². The van der Waals surface area contributed by atoms with E-state index in [0.29, 0.717) is 12.8 Å². The van der Waals surface area contributed by atoms with Crippen molar-refractivity contribution in [3.05, 3.63) is 12.7 Å². The van der Waals surface area contributed by atoms with Gasteiger partial charge in [0.15, 0.2) is 6.61 Å². The number of terminal acetylenes is 1. The second-order valence-electron chi connectivity index (χ2n) is 12.1. The van der Waals surface area contributed by atoms with Gasteiger partial charge in [0, 0.05) is 13.1 Å². The number of hydrogen-bond donors (Lipinski definition) is 4. The second-order valence-corrected chi connectivity index (χ2v) is 12.1. The molecule has 0 aromatic rings. The molecule has 1 rings (SSSR count). The first kappa shape index (κ1) is 43.2. The summed E-state index contributed by atoms with van der Waals surface area (Å²) in [6.45, 7) is 22.2. The maximum atomic E-state index is 13.6. The molecule has 4 unspecified atom stereocenters. The van der Waals surface area contributed by atoms with Crippen molar-refractivity contribution < 1.29 is 33.5 Å². The molecule has 1 fully saturated rings. The summed E-state index contributed by atoms with van der Waals surface area (Å²) >= 11 is 0. The fourth-order valence-electron chi connectivity index (χ4n) is 3.96. The molecular formula is C33H57N5O7. The van der Waals surface area contributed by atoms with Crippen molar-refractivity contribution in [2.75, 3.05) is 19.7 Å². The molecule has 0 radical (unpaired) electrons. The standard InChI is InChI=1S/C27H41N5O7.2C3H8/c1-9-13-28-23(35)20(33)17(5)29-22(34)18-12-11-14-32(18)24(36)21(27(6,7)8)31-26(38)30-19(16(3)4)25(37)39-15-10-2;2*1-3-2/h2,9,16-19,21H,1,11-15H2,3-8H3,(H,28,35)(H,29,34)(H2,30,31,38);2*3H2,1-2H3. The lowest BCUT2D eigenvalue weighted by Gasteiger charge is -2.36. The van der Waals surface area contributed by atoms with Crippen molar-refractivity contribution in [3.63, 3.8) is 0 Å². The Balaban J connectivity index is 0. The van der Waals surface area contributed by atoms with Gasteiger partial charge in [0.2, 0.25) is 17.6 Å². The van der Waals surface area contributed by atoms with Gasteiger partial charge < -0.3 is 30.9 Å². The van der Waals surface area contributed by atoms with Crippen molar-refractivity contribution in [1.29, 1.82) is 0 Å². The van der Waals surface area contributed by atoms with Gasteiger partial charge in [-0.2, -0.15) is 0 Å². The van der Waals surface area contributed by atoms with Crippen LogP contribution in [0.15, 0.2) is 12.7 Å². The maximum Gasteiger partial charge on any atom is 0.329 e. The summed E-state index contributed by atoms with van der Waals surface area (Å²) in [7, 11) is 0. The van der Waals surface area contributed by atoms with Crippen LogP contribution < -0.4 is 21.3 Å². The molecule has 1 aliphatic heterocycles. The number of nitrogens with one attached hydrogen (secondary N) is 4. The molecule has 0 saturated carbocycles. The minimum absolute atomic E-state index is 0.106. The number of ether oxygens (including phenoxy) is 1. The average Bonchev–Trinajstić information content (AvgIpc) is 3.46. The number of Topliss-reactive ketones (excluding diaryl/α,β-unsaturated/α-hetero) is 1. The van der Waals surface area contributed by atoms with Crippen molar-refractivity contribution in [1.82, 2.24) is 26.2 Å². The highest BCUT2D eigenvalue weighted by Gasteiger charge is 2.43. The molecule has 4 N–H and O–H groups in total. The van der Waals surface area contributed by atoms with Crippen molar-refractivity contribution in [3.8, 4) is 12.3 Å². The number of carbonyl (C=O) groups is 6. The van der Waals surface area contributed by atoms with E-state index in [-0.39, 0.29) is 25.6 Å². The Morgan fingerprint density at radius 2 is 1.56 bits per heavy atom. The first-order chi connectivity index (χ1) is 21.0. The van der Waals surface area contributed by atoms with Gasteiger partial charge in [0.1, 0.15) is 18.1 Å². The highest BCUT2D eigenvalue weighted by atomic mass is 16.5. The lowest BCUT2D eigenvalue weighted by molar-refractivity contribution is -0.145. The van der Waals surface area contributed by atoms with Gasteiger partial charge in [-0.25, -0.2) is 9.59 Å². The molecule has 0 spiro atoms. The van der Waals surface area contributed by atoms with Crippen LogP contribution in [0.2, 0.25) is 0 Å². The molecule has 4 atom stereocenters. The van der Waals surface area contributed by atoms with Crippen molar-refractivity contribution >= 4 is 35.5 Å². The third-order valence-corrected chi connectivity index (χ3v) is 6.11. The van der Waals surface area contributed by atoms with Crippen LogP contribution >= 0.6 is 0 Å². The van der Waals surface area contributed by atoms with E-state index in [4.69, 9.17) is 11.2 Å². The zero-order chi connectivity index (χ0) is 35.3. The van der Waals surface area contributed by atoms with Crippen LogP contribution in [0.25, 0.3) is 0 Å². The first-order valence-corrected chi connectivity index (χ1v) is 15.7. The van der Waals surface area contributed by atoms with Gasteiger partial charge in [-0.3, -0.25) is 19.2 Å². The quantitative estimate of drug-likeness (QED) is 0.111. The van der Waals surface area contributed by atoms with Gasteiger partial charge in [0.05, 0.1) is 6.04 Å². The molecule has 5 amide bonds. The van der Waals surface area contributed by atoms with E-state index in [2.05, 4.69) is 61.5 Å². The summed E-state index contributed by atoms with van der Waals surface area (Å²) in [6, 6.07) is -4.80. The Hall–Kier alpha value is -3.88. The van der Waals surface area contributed by atoms with E-state index in [9.17, 15) is 28.8 Å². The third-order valence-electron chi connectivity index (χ3n) is 6.11. The summed E-state index contributed by atoms with van der Waals surface area (Å²) in [6.07, 6.45) is 9.93. The van der Waals surface area contributed by atoms with E-state index >= 15 is 0 Å². The largest absolute Gasteiger partial charge is 0.451 e. The lowest BCUT2D eigenvalue weighted by atomic mass is 9.85. The zero-order valence-corrected chi connectivity index (χ0v) is 29.0. The Morgan fingerprint density at radius 1 is 1.00 bits per heavy atom. The molecule has 12 nitrogen and oxygen atoms in total. The Morgan fingerprint density at radius 3 is 2.02 bits per heavy atom. The number of esters is 1. The molecule has 1 saturated heterocycles. The number of nitrogens with zero attached hydrogens (tertiary/aromatic N) is 1. The number of amides is 5. The SMILES string of the molecule is C#CCOC(=O)C(NC(=O)NC(C(=O)N1CCCC1C(=O)NC(C)C(=O)C(=O)NCC=C)C(C)(C)C)C(C)C.CCC.CCC. The number of urea groups is 1. The minimum Gasteiger partial charge on any atom is -0.451 e. The van der Waals surface area contributed by atoms with Crippen LogP contribution in [0, 0.1) is 23.7 Å². The molecule has 1 heterocycles. The van der Waals surface area contributed by atoms with E-state index in [1.807, 2.05) is 0 Å². The van der Waals surface area contributed by atoms with Crippen LogP contribution in [0.5, 0.6) is 0 Å². The van der Waals surface area contributed by atoms with Crippen molar-refractivity contribution in [2.24, 2.45) is 11.3 Å². The summed E-state index contributed by atoms with van der Waals surface area (Å²) < 4.78 is 4.95. The van der Waals surface area contributed by atoms with Gasteiger partial charge in [-0.15, -0.1) is 13.0 Å². The third kappa shape index (κ3) is 16.1. The molecule has 12 heteroatoms. The lowest BCUT2D eigenvalue weighted by Crippen LogP contribution is -2.61. The predicted molar refractivity (Wildman–Crippen MR) is 176 cm³/mol. The van der Waals surface area contributed by atoms with Crippen LogP contribution in [-0.4, -0.2) is 84.3 Å². The second kappa shape index (κ2) is 22.6. The Labute approximate surface area is 270 Å². The predicted octanol–water partition coefficient (Wildman–Crippen LogP) is 3.10. The Bertz CT molecular complexity index is 1030. The van der Waals surface area contributed by atoms with E-state index < -0.39 is 65.1 Å². The summed E-state index contributed by atoms with van der Waals surface area (Å²) in [4.78, 5) is 77.4. The molecule has 45 heavy (non-hydrogen) atoms. The van der Waals surface area contributed by atoms with Gasteiger partial charge in [0.25, 0.3) is 5.91 Å². The normalized spacial score (nSPS) is 15.7. The molecule has 0 aliphatic carbocycles. The van der Waals surface area contributed by atoms with Gasteiger partial charge in [-0.05, 0) is 31.1 Å². The molecule has 256 valence electrons. The summed E-state index contributed by atoms with van der Waals surface area (Å²) in [5.41, 5.74) is -0.762. The molecule has 1 aliphatic rings. The molecular weight excluding hydrogens is 578 g/mol. The monoisotopic (exact) mass is 635 g/mol. The van der Waals surface area contributed by atoms with Gasteiger partial charge >= 0.3 is 12.0 Å². The van der Waals surface area contributed by atoms with Crippen molar-refractivity contribution in [2.45, 2.75) is 119 Å². The minimum atomic E-state index is -1.11. The fourth-order valence-corrected chi connectivity index (χ4v) is 3.96. The summed E-state index contributed by atoms with van der Waals surface area (Å²) in [5, 5.41) is 10.1. The zero-order valence-electron chi connectivity index (χ0n) is 29.0. The van der Waals surface area contributed by atoms with Crippen LogP contribution in [0.4, 0.5) is 4.79 Å². The maximum absolute atomic E-state index is 13.6. The Kier molecular flexibility index (Phi) is 21.7. The van der Waals surface area contributed by atoms with Crippen LogP contribution in [0.1, 0.15) is 94.9 Å². The van der Waals surface area contributed by atoms with E-state index in [1.54, 1.807) is 34.6 Å². The first-order valence-electron chi connectivity index (χ1n) is 15.7.